The molecule has 0 radical (unpaired) electrons. The number of rotatable bonds is 5. The van der Waals surface area contributed by atoms with Gasteiger partial charge in [-0.2, -0.15) is 0 Å². The van der Waals surface area contributed by atoms with Gasteiger partial charge in [-0.25, -0.2) is 0 Å². The number of hydrogen-bond donors (Lipinski definition) is 0. The van der Waals surface area contributed by atoms with Gasteiger partial charge < -0.3 is 4.74 Å². The lowest BCUT2D eigenvalue weighted by Gasteiger charge is -2.29. The summed E-state index contributed by atoms with van der Waals surface area (Å²) in [6.07, 6.45) is 4.52. The van der Waals surface area contributed by atoms with Gasteiger partial charge in [-0.3, -0.25) is 0 Å². The maximum Gasteiger partial charge on any atom is 0.106 e. The maximum atomic E-state index is 5.66. The Bertz CT molecular complexity index is 182. The van der Waals surface area contributed by atoms with Crippen LogP contribution in [0, 0.1) is 17.3 Å². The van der Waals surface area contributed by atoms with Crippen LogP contribution in [0.15, 0.2) is 12.8 Å². The molecule has 0 aromatic heterocycles. The molecular weight excluding hydrogens is 160 g/mol. The van der Waals surface area contributed by atoms with E-state index in [2.05, 4.69) is 34.3 Å². The molecule has 0 amide bonds. The van der Waals surface area contributed by atoms with Gasteiger partial charge in [-0.15, -0.1) is 0 Å². The van der Waals surface area contributed by atoms with E-state index in [1.807, 2.05) is 0 Å². The first kappa shape index (κ1) is 10.6. The van der Waals surface area contributed by atoms with Crippen molar-refractivity contribution in [3.63, 3.8) is 0 Å². The van der Waals surface area contributed by atoms with E-state index in [-0.39, 0.29) is 0 Å². The second-order valence-electron chi connectivity index (χ2n) is 4.66. The van der Waals surface area contributed by atoms with Crippen molar-refractivity contribution in [2.45, 2.75) is 46.6 Å². The molecule has 1 rings (SSSR count). The summed E-state index contributed by atoms with van der Waals surface area (Å²) in [7, 11) is 0. The third-order valence-electron chi connectivity index (χ3n) is 3.58. The molecule has 3 atom stereocenters. The summed E-state index contributed by atoms with van der Waals surface area (Å²) in [4.78, 5) is 0. The molecule has 1 aliphatic rings. The molecule has 1 fully saturated rings. The Hall–Kier alpha value is -0.460. The average molecular weight is 182 g/mol. The Morgan fingerprint density at radius 2 is 2.15 bits per heavy atom. The van der Waals surface area contributed by atoms with Gasteiger partial charge in [0.05, 0.1) is 6.26 Å². The number of ether oxygens (including phenoxy) is 1. The van der Waals surface area contributed by atoms with Gasteiger partial charge in [0, 0.05) is 5.41 Å². The smallest absolute Gasteiger partial charge is 0.106 e. The molecule has 1 saturated carbocycles. The van der Waals surface area contributed by atoms with E-state index in [1.54, 1.807) is 6.26 Å². The Morgan fingerprint density at radius 1 is 1.62 bits per heavy atom. The molecule has 0 N–H and O–H groups in total. The lowest BCUT2D eigenvalue weighted by molar-refractivity contribution is 0.0256. The van der Waals surface area contributed by atoms with E-state index >= 15 is 0 Å². The summed E-state index contributed by atoms with van der Waals surface area (Å²) in [5.74, 6) is 1.41. The second-order valence-corrected chi connectivity index (χ2v) is 4.66. The topological polar surface area (TPSA) is 9.23 Å². The first-order valence-corrected chi connectivity index (χ1v) is 5.34. The van der Waals surface area contributed by atoms with E-state index in [1.165, 1.54) is 12.8 Å². The summed E-state index contributed by atoms with van der Waals surface area (Å²) >= 11 is 0. The quantitative estimate of drug-likeness (QED) is 0.590. The molecular formula is C12H22O. The molecule has 1 nitrogen and oxygen atoms in total. The largest absolute Gasteiger partial charge is 0.498 e. The Morgan fingerprint density at radius 3 is 2.38 bits per heavy atom. The van der Waals surface area contributed by atoms with Crippen LogP contribution in [-0.4, -0.2) is 6.10 Å². The minimum atomic E-state index is 0.366. The molecule has 0 aromatic rings. The zero-order valence-corrected chi connectivity index (χ0v) is 9.34. The highest BCUT2D eigenvalue weighted by Gasteiger charge is 2.56. The van der Waals surface area contributed by atoms with Crippen LogP contribution in [0.3, 0.4) is 0 Å². The predicted molar refractivity (Wildman–Crippen MR) is 56.4 cm³/mol. The van der Waals surface area contributed by atoms with Crippen LogP contribution < -0.4 is 0 Å². The molecule has 13 heavy (non-hydrogen) atoms. The Kier molecular flexibility index (Phi) is 3.05. The van der Waals surface area contributed by atoms with Crippen molar-refractivity contribution in [3.05, 3.63) is 12.8 Å². The van der Waals surface area contributed by atoms with E-state index in [0.29, 0.717) is 17.4 Å². The Labute approximate surface area is 82.2 Å². The normalized spacial score (nSPS) is 34.4. The summed E-state index contributed by atoms with van der Waals surface area (Å²) in [5, 5.41) is 0. The summed E-state index contributed by atoms with van der Waals surface area (Å²) in [5.41, 5.74) is 0.447. The van der Waals surface area contributed by atoms with Crippen molar-refractivity contribution in [1.29, 1.82) is 0 Å². The van der Waals surface area contributed by atoms with E-state index < -0.39 is 0 Å². The third kappa shape index (κ3) is 1.74. The van der Waals surface area contributed by atoms with Gasteiger partial charge in [-0.05, 0) is 24.7 Å². The molecule has 0 heterocycles. The lowest BCUT2D eigenvalue weighted by Crippen LogP contribution is -2.30. The lowest BCUT2D eigenvalue weighted by atomic mass is 9.86. The second kappa shape index (κ2) is 3.73. The van der Waals surface area contributed by atoms with Gasteiger partial charge in [-0.1, -0.05) is 34.3 Å². The highest BCUT2D eigenvalue weighted by atomic mass is 16.5. The van der Waals surface area contributed by atoms with Gasteiger partial charge in [0.2, 0.25) is 0 Å². The summed E-state index contributed by atoms with van der Waals surface area (Å²) < 4.78 is 5.66. The van der Waals surface area contributed by atoms with Crippen LogP contribution in [-0.2, 0) is 4.74 Å². The number of hydrogen-bond acceptors (Lipinski definition) is 1. The molecule has 0 spiro atoms. The van der Waals surface area contributed by atoms with Crippen molar-refractivity contribution in [2.24, 2.45) is 17.3 Å². The van der Waals surface area contributed by atoms with Crippen molar-refractivity contribution < 1.29 is 4.74 Å². The molecule has 0 aliphatic heterocycles. The zero-order valence-electron chi connectivity index (χ0n) is 9.34. The van der Waals surface area contributed by atoms with Crippen molar-refractivity contribution >= 4 is 0 Å². The highest BCUT2D eigenvalue weighted by Crippen LogP contribution is 2.59. The molecule has 0 saturated heterocycles. The first-order chi connectivity index (χ1) is 6.08. The van der Waals surface area contributed by atoms with E-state index in [4.69, 9.17) is 4.74 Å². The zero-order chi connectivity index (χ0) is 10.1. The minimum absolute atomic E-state index is 0.366. The van der Waals surface area contributed by atoms with Crippen molar-refractivity contribution in [1.82, 2.24) is 0 Å². The molecule has 2 unspecified atom stereocenters. The fourth-order valence-electron chi connectivity index (χ4n) is 2.66. The van der Waals surface area contributed by atoms with Crippen molar-refractivity contribution in [2.75, 3.05) is 0 Å². The van der Waals surface area contributed by atoms with Crippen LogP contribution in [0.1, 0.15) is 40.5 Å². The van der Waals surface area contributed by atoms with Gasteiger partial charge in [0.1, 0.15) is 6.10 Å². The third-order valence-corrected chi connectivity index (χ3v) is 3.58. The molecule has 0 aromatic carbocycles. The summed E-state index contributed by atoms with van der Waals surface area (Å²) in [6.45, 7) is 12.7. The van der Waals surface area contributed by atoms with E-state index in [9.17, 15) is 0 Å². The SMILES string of the molecule is C=COC(C(C)C)[C@@]1(CC)CC1C. The molecule has 1 aliphatic carbocycles. The average Bonchev–Trinajstić information content (AvgIpc) is 2.73. The van der Waals surface area contributed by atoms with Crippen LogP contribution in [0.4, 0.5) is 0 Å². The van der Waals surface area contributed by atoms with E-state index in [0.717, 1.165) is 5.92 Å². The first-order valence-electron chi connectivity index (χ1n) is 5.34. The van der Waals surface area contributed by atoms with Crippen LogP contribution in [0.5, 0.6) is 0 Å². The van der Waals surface area contributed by atoms with Crippen LogP contribution >= 0.6 is 0 Å². The molecule has 1 heteroatoms. The highest BCUT2D eigenvalue weighted by molar-refractivity contribution is 5.05. The van der Waals surface area contributed by atoms with Gasteiger partial charge >= 0.3 is 0 Å². The monoisotopic (exact) mass is 182 g/mol. The maximum absolute atomic E-state index is 5.66. The van der Waals surface area contributed by atoms with Gasteiger partial charge in [0.25, 0.3) is 0 Å². The fourth-order valence-corrected chi connectivity index (χ4v) is 2.66. The fraction of sp³-hybridized carbons (Fsp3) is 0.833. The molecule has 0 bridgehead atoms. The van der Waals surface area contributed by atoms with Crippen molar-refractivity contribution in [3.8, 4) is 0 Å². The van der Waals surface area contributed by atoms with Gasteiger partial charge in [0.15, 0.2) is 0 Å². The summed E-state index contributed by atoms with van der Waals surface area (Å²) in [6, 6.07) is 0. The standard InChI is InChI=1S/C12H22O/c1-6-12(8-10(12)5)11(9(3)4)13-7-2/h7,9-11H,2,6,8H2,1,3-5H3/t10?,11?,12-/m0/s1. The van der Waals surface area contributed by atoms with Crippen LogP contribution in [0.2, 0.25) is 0 Å². The predicted octanol–water partition coefficient (Wildman–Crippen LogP) is 3.61. The minimum Gasteiger partial charge on any atom is -0.498 e. The Balaban J connectivity index is 2.69. The van der Waals surface area contributed by atoms with Crippen LogP contribution in [0.25, 0.3) is 0 Å². The molecule has 76 valence electrons.